The van der Waals surface area contributed by atoms with Gasteiger partial charge in [0.2, 0.25) is 0 Å². The Labute approximate surface area is 121 Å². The Morgan fingerprint density at radius 3 is 2.53 bits per heavy atom. The van der Waals surface area contributed by atoms with E-state index in [4.69, 9.17) is 0 Å². The Hall–Kier alpha value is -1.06. The molecule has 3 nitrogen and oxygen atoms in total. The third-order valence-corrected chi connectivity index (χ3v) is 3.63. The number of piperazine rings is 1. The van der Waals surface area contributed by atoms with Gasteiger partial charge < -0.3 is 10.2 Å². The molecule has 0 aromatic heterocycles. The summed E-state index contributed by atoms with van der Waals surface area (Å²) in [6.07, 6.45) is 1.01. The fourth-order valence-corrected chi connectivity index (χ4v) is 2.35. The van der Waals surface area contributed by atoms with Gasteiger partial charge in [0.1, 0.15) is 0 Å². The number of carbonyl (C=O) groups excluding carboxylic acids is 1. The molecular weight excluding hydrogens is 260 g/mol. The van der Waals surface area contributed by atoms with E-state index in [2.05, 4.69) is 26.1 Å². The van der Waals surface area contributed by atoms with Gasteiger partial charge in [-0.25, -0.2) is 0 Å². The van der Waals surface area contributed by atoms with E-state index < -0.39 is 0 Å². The van der Waals surface area contributed by atoms with Crippen LogP contribution < -0.4 is 5.32 Å². The highest BCUT2D eigenvalue weighted by Gasteiger charge is 2.27. The molecule has 0 radical (unpaired) electrons. The molecule has 0 saturated carbocycles. The Bertz CT molecular complexity index is 419. The van der Waals surface area contributed by atoms with Crippen molar-refractivity contribution in [3.63, 3.8) is 0 Å². The zero-order valence-electron chi connectivity index (χ0n) is 11.8. The van der Waals surface area contributed by atoms with Crippen LogP contribution in [0.1, 0.15) is 36.7 Å². The fourth-order valence-electron chi connectivity index (χ4n) is 2.35. The van der Waals surface area contributed by atoms with Crippen LogP contribution in [0.4, 0.5) is 0 Å². The maximum atomic E-state index is 12.5. The van der Waals surface area contributed by atoms with Crippen molar-refractivity contribution in [1.82, 2.24) is 10.2 Å². The number of amides is 1. The molecule has 19 heavy (non-hydrogen) atoms. The van der Waals surface area contributed by atoms with Crippen LogP contribution in [0.25, 0.3) is 0 Å². The zero-order valence-corrected chi connectivity index (χ0v) is 12.7. The van der Waals surface area contributed by atoms with Gasteiger partial charge in [-0.3, -0.25) is 4.79 Å². The highest BCUT2D eigenvalue weighted by atomic mass is 35.5. The minimum atomic E-state index is 0. The number of aryl methyl sites for hydroxylation is 1. The summed E-state index contributed by atoms with van der Waals surface area (Å²) in [4.78, 5) is 14.4. The zero-order chi connectivity index (χ0) is 13.1. The van der Waals surface area contributed by atoms with E-state index in [1.54, 1.807) is 0 Å². The molecule has 106 valence electrons. The van der Waals surface area contributed by atoms with Crippen LogP contribution in [0.3, 0.4) is 0 Å². The monoisotopic (exact) mass is 282 g/mol. The number of nitrogens with zero attached hydrogens (tertiary/aromatic N) is 1. The molecule has 1 aromatic rings. The highest BCUT2D eigenvalue weighted by Crippen LogP contribution is 2.13. The molecule has 1 heterocycles. The van der Waals surface area contributed by atoms with Crippen molar-refractivity contribution in [3.8, 4) is 0 Å². The number of hydrogen-bond donors (Lipinski definition) is 1. The Balaban J connectivity index is 0.00000180. The normalized spacial score (nSPS) is 22.8. The molecule has 4 heteroatoms. The van der Waals surface area contributed by atoms with E-state index in [-0.39, 0.29) is 24.4 Å². The lowest BCUT2D eigenvalue weighted by atomic mass is 10.1. The number of rotatable bonds is 2. The minimum Gasteiger partial charge on any atom is -0.333 e. The smallest absolute Gasteiger partial charge is 0.254 e. The van der Waals surface area contributed by atoms with Crippen molar-refractivity contribution in [2.45, 2.75) is 39.3 Å². The topological polar surface area (TPSA) is 32.3 Å². The summed E-state index contributed by atoms with van der Waals surface area (Å²) in [6, 6.07) is 8.62. The second kappa shape index (κ2) is 6.92. The Morgan fingerprint density at radius 1 is 1.32 bits per heavy atom. The summed E-state index contributed by atoms with van der Waals surface area (Å²) in [5.74, 6) is 0.151. The second-order valence-electron chi connectivity index (χ2n) is 5.17. The number of nitrogens with one attached hydrogen (secondary N) is 1. The first-order valence-electron chi connectivity index (χ1n) is 6.75. The summed E-state index contributed by atoms with van der Waals surface area (Å²) >= 11 is 0. The van der Waals surface area contributed by atoms with Gasteiger partial charge in [0.25, 0.3) is 5.91 Å². The van der Waals surface area contributed by atoms with E-state index in [1.807, 2.05) is 29.2 Å². The van der Waals surface area contributed by atoms with Gasteiger partial charge in [0, 0.05) is 30.7 Å². The molecule has 1 saturated heterocycles. The van der Waals surface area contributed by atoms with Crippen molar-refractivity contribution in [2.24, 2.45) is 0 Å². The average molecular weight is 283 g/mol. The third kappa shape index (κ3) is 3.71. The van der Waals surface area contributed by atoms with Crippen molar-refractivity contribution in [2.75, 3.05) is 13.1 Å². The molecule has 1 N–H and O–H groups in total. The molecule has 1 amide bonds. The molecule has 2 rings (SSSR count). The van der Waals surface area contributed by atoms with Crippen LogP contribution in [-0.2, 0) is 6.42 Å². The van der Waals surface area contributed by atoms with Gasteiger partial charge in [-0.2, -0.15) is 0 Å². The van der Waals surface area contributed by atoms with Crippen molar-refractivity contribution >= 4 is 18.3 Å². The van der Waals surface area contributed by atoms with E-state index in [9.17, 15) is 4.79 Å². The number of benzene rings is 1. The first-order valence-corrected chi connectivity index (χ1v) is 6.75. The minimum absolute atomic E-state index is 0. The maximum Gasteiger partial charge on any atom is 0.254 e. The predicted molar refractivity (Wildman–Crippen MR) is 81.0 cm³/mol. The molecule has 0 bridgehead atoms. The Kier molecular flexibility index (Phi) is 5.83. The van der Waals surface area contributed by atoms with Crippen molar-refractivity contribution in [1.29, 1.82) is 0 Å². The van der Waals surface area contributed by atoms with Gasteiger partial charge in [0.05, 0.1) is 0 Å². The van der Waals surface area contributed by atoms with Crippen LogP contribution in [0.5, 0.6) is 0 Å². The van der Waals surface area contributed by atoms with Crippen molar-refractivity contribution < 1.29 is 4.79 Å². The molecule has 0 aliphatic carbocycles. The summed E-state index contributed by atoms with van der Waals surface area (Å²) < 4.78 is 0. The first kappa shape index (κ1) is 16.0. The van der Waals surface area contributed by atoms with Crippen LogP contribution in [-0.4, -0.2) is 36.0 Å². The molecule has 1 fully saturated rings. The van der Waals surface area contributed by atoms with Crippen molar-refractivity contribution in [3.05, 3.63) is 35.4 Å². The van der Waals surface area contributed by atoms with Crippen LogP contribution in [0, 0.1) is 0 Å². The standard InChI is InChI=1S/C15H22N2O.ClH/c1-4-13-5-7-14(8-6-13)15(18)17-10-11(2)16-9-12(17)3;/h5-8,11-12,16H,4,9-10H2,1-3H3;1H. The lowest BCUT2D eigenvalue weighted by Gasteiger charge is -2.37. The molecular formula is C15H23ClN2O. The van der Waals surface area contributed by atoms with Gasteiger partial charge in [-0.15, -0.1) is 12.4 Å². The summed E-state index contributed by atoms with van der Waals surface area (Å²) in [5.41, 5.74) is 2.07. The first-order chi connectivity index (χ1) is 8.61. The molecule has 0 spiro atoms. The van der Waals surface area contributed by atoms with Gasteiger partial charge in [-0.05, 0) is 38.0 Å². The van der Waals surface area contributed by atoms with E-state index in [1.165, 1.54) is 5.56 Å². The van der Waals surface area contributed by atoms with Crippen LogP contribution in [0.15, 0.2) is 24.3 Å². The fraction of sp³-hybridized carbons (Fsp3) is 0.533. The number of hydrogen-bond acceptors (Lipinski definition) is 2. The molecule has 2 unspecified atom stereocenters. The SMILES string of the molecule is CCc1ccc(C(=O)N2CC(C)NCC2C)cc1.Cl. The lowest BCUT2D eigenvalue weighted by molar-refractivity contribution is 0.0616. The quantitative estimate of drug-likeness (QED) is 0.904. The van der Waals surface area contributed by atoms with Gasteiger partial charge in [-0.1, -0.05) is 19.1 Å². The lowest BCUT2D eigenvalue weighted by Crippen LogP contribution is -2.56. The number of carbonyl (C=O) groups is 1. The largest absolute Gasteiger partial charge is 0.333 e. The van der Waals surface area contributed by atoms with Crippen LogP contribution >= 0.6 is 12.4 Å². The Morgan fingerprint density at radius 2 is 1.95 bits per heavy atom. The van der Waals surface area contributed by atoms with E-state index >= 15 is 0 Å². The van der Waals surface area contributed by atoms with Gasteiger partial charge >= 0.3 is 0 Å². The predicted octanol–water partition coefficient (Wildman–Crippen LogP) is 2.49. The summed E-state index contributed by atoms with van der Waals surface area (Å²) in [7, 11) is 0. The van der Waals surface area contributed by atoms with E-state index in [0.717, 1.165) is 25.1 Å². The maximum absolute atomic E-state index is 12.5. The second-order valence-corrected chi connectivity index (χ2v) is 5.17. The molecule has 1 aliphatic heterocycles. The highest BCUT2D eigenvalue weighted by molar-refractivity contribution is 5.94. The third-order valence-electron chi connectivity index (χ3n) is 3.63. The summed E-state index contributed by atoms with van der Waals surface area (Å²) in [5, 5.41) is 3.39. The van der Waals surface area contributed by atoms with E-state index in [0.29, 0.717) is 6.04 Å². The van der Waals surface area contributed by atoms with Crippen LogP contribution in [0.2, 0.25) is 0 Å². The summed E-state index contributed by atoms with van der Waals surface area (Å²) in [6.45, 7) is 8.00. The molecule has 2 atom stereocenters. The molecule has 1 aromatic carbocycles. The number of halogens is 1. The average Bonchev–Trinajstić information content (AvgIpc) is 2.41. The molecule has 1 aliphatic rings. The van der Waals surface area contributed by atoms with Gasteiger partial charge in [0.15, 0.2) is 0 Å².